The number of carbonyl (C=O) groups is 1. The average Bonchev–Trinajstić information content (AvgIpc) is 3.07. The Hall–Kier alpha value is -2.93. The minimum Gasteiger partial charge on any atom is -0.488 e. The molecule has 0 amide bonds. The van der Waals surface area contributed by atoms with Crippen LogP contribution in [0.2, 0.25) is 0 Å². The molecule has 1 aromatic carbocycles. The van der Waals surface area contributed by atoms with Gasteiger partial charge in [0.2, 0.25) is 0 Å². The van der Waals surface area contributed by atoms with Crippen molar-refractivity contribution >= 4 is 17.0 Å². The number of hydrogen-bond acceptors (Lipinski definition) is 5. The number of rotatable bonds is 5. The second kappa shape index (κ2) is 7.72. The number of carboxylic acids is 1. The van der Waals surface area contributed by atoms with E-state index in [2.05, 4.69) is 16.9 Å². The first kappa shape index (κ1) is 19.1. The number of benzene rings is 1. The molecule has 30 heavy (non-hydrogen) atoms. The number of likely N-dealkylation sites (N-methyl/N-ethyl adjacent to an activating group) is 1. The van der Waals surface area contributed by atoms with Crippen molar-refractivity contribution in [3.63, 3.8) is 0 Å². The van der Waals surface area contributed by atoms with Gasteiger partial charge in [0, 0.05) is 18.5 Å². The predicted molar refractivity (Wildman–Crippen MR) is 114 cm³/mol. The fourth-order valence-electron chi connectivity index (χ4n) is 4.42. The first-order valence-corrected chi connectivity index (χ1v) is 10.7. The summed E-state index contributed by atoms with van der Waals surface area (Å²) in [5, 5.41) is 15.5. The summed E-state index contributed by atoms with van der Waals surface area (Å²) in [6, 6.07) is 11.3. The molecule has 0 radical (unpaired) electrons. The van der Waals surface area contributed by atoms with Crippen molar-refractivity contribution in [2.45, 2.75) is 44.1 Å². The van der Waals surface area contributed by atoms with Crippen molar-refractivity contribution < 1.29 is 14.6 Å². The first-order chi connectivity index (χ1) is 14.6. The molecule has 3 aromatic rings. The number of piperidine rings is 1. The van der Waals surface area contributed by atoms with E-state index in [1.807, 2.05) is 30.3 Å². The Morgan fingerprint density at radius 2 is 1.97 bits per heavy atom. The number of aromatic nitrogens is 3. The highest BCUT2D eigenvalue weighted by Gasteiger charge is 2.30. The summed E-state index contributed by atoms with van der Waals surface area (Å²) in [5.74, 6) is -0.0957. The van der Waals surface area contributed by atoms with Crippen LogP contribution in [0.5, 0.6) is 5.75 Å². The van der Waals surface area contributed by atoms with Crippen LogP contribution in [0.25, 0.3) is 16.7 Å². The molecule has 0 bridgehead atoms. The van der Waals surface area contributed by atoms with Gasteiger partial charge in [0.15, 0.2) is 11.3 Å². The number of fused-ring (bicyclic) bond motifs is 1. The lowest BCUT2D eigenvalue weighted by atomic mass is 9.82. The number of hydrogen-bond donors (Lipinski definition) is 1. The Bertz CT molecular complexity index is 1070. The van der Waals surface area contributed by atoms with Crippen molar-refractivity contribution in [2.75, 3.05) is 20.1 Å². The van der Waals surface area contributed by atoms with Crippen LogP contribution in [0.3, 0.4) is 0 Å². The van der Waals surface area contributed by atoms with E-state index in [4.69, 9.17) is 9.84 Å². The number of pyridine rings is 1. The zero-order valence-corrected chi connectivity index (χ0v) is 17.1. The molecule has 0 spiro atoms. The van der Waals surface area contributed by atoms with Gasteiger partial charge in [0.25, 0.3) is 0 Å². The van der Waals surface area contributed by atoms with Gasteiger partial charge in [-0.25, -0.2) is 14.5 Å². The molecule has 7 nitrogen and oxygen atoms in total. The molecule has 1 saturated heterocycles. The lowest BCUT2D eigenvalue weighted by Crippen LogP contribution is -2.38. The van der Waals surface area contributed by atoms with Gasteiger partial charge in [-0.1, -0.05) is 24.6 Å². The number of aromatic carboxylic acids is 1. The smallest absolute Gasteiger partial charge is 0.354 e. The molecule has 1 aliphatic heterocycles. The molecule has 156 valence electrons. The van der Waals surface area contributed by atoms with Crippen molar-refractivity contribution in [2.24, 2.45) is 0 Å². The quantitative estimate of drug-likeness (QED) is 0.693. The van der Waals surface area contributed by atoms with E-state index in [1.54, 1.807) is 10.7 Å². The van der Waals surface area contributed by atoms with Crippen LogP contribution in [0.4, 0.5) is 0 Å². The normalized spacial score (nSPS) is 20.2. The van der Waals surface area contributed by atoms with Crippen LogP contribution in [-0.4, -0.2) is 57.0 Å². The summed E-state index contributed by atoms with van der Waals surface area (Å²) in [4.78, 5) is 18.6. The highest BCUT2D eigenvalue weighted by Crippen LogP contribution is 2.42. The van der Waals surface area contributed by atoms with Crippen molar-refractivity contribution in [1.82, 2.24) is 19.7 Å². The van der Waals surface area contributed by atoms with Crippen molar-refractivity contribution in [3.8, 4) is 11.4 Å². The lowest BCUT2D eigenvalue weighted by molar-refractivity contribution is 0.0688. The van der Waals surface area contributed by atoms with E-state index in [-0.39, 0.29) is 11.8 Å². The molecular weight excluding hydrogens is 380 g/mol. The van der Waals surface area contributed by atoms with E-state index in [1.165, 1.54) is 6.42 Å². The summed E-state index contributed by atoms with van der Waals surface area (Å²) < 4.78 is 8.21. The van der Waals surface area contributed by atoms with Gasteiger partial charge in [0.1, 0.15) is 11.9 Å². The fourth-order valence-corrected chi connectivity index (χ4v) is 4.42. The maximum absolute atomic E-state index is 11.8. The van der Waals surface area contributed by atoms with E-state index in [0.717, 1.165) is 55.5 Å². The molecule has 0 unspecified atom stereocenters. The van der Waals surface area contributed by atoms with E-state index < -0.39 is 5.97 Å². The van der Waals surface area contributed by atoms with E-state index in [0.29, 0.717) is 17.3 Å². The third kappa shape index (κ3) is 3.43. The van der Waals surface area contributed by atoms with Crippen LogP contribution < -0.4 is 4.74 Å². The van der Waals surface area contributed by atoms with Crippen LogP contribution in [0.15, 0.2) is 36.4 Å². The second-order valence-electron chi connectivity index (χ2n) is 8.41. The third-order valence-corrected chi connectivity index (χ3v) is 6.22. The van der Waals surface area contributed by atoms with Gasteiger partial charge in [-0.2, -0.15) is 5.10 Å². The number of para-hydroxylation sites is 1. The van der Waals surface area contributed by atoms with Crippen molar-refractivity contribution in [3.05, 3.63) is 47.8 Å². The number of carboxylic acid groups (broad SMARTS) is 1. The zero-order chi connectivity index (χ0) is 20.7. The van der Waals surface area contributed by atoms with Crippen LogP contribution in [0.1, 0.15) is 54.2 Å². The largest absolute Gasteiger partial charge is 0.488 e. The van der Waals surface area contributed by atoms with Crippen LogP contribution in [0, 0.1) is 0 Å². The molecule has 1 atom stereocenters. The van der Waals surface area contributed by atoms with Gasteiger partial charge in [-0.15, -0.1) is 0 Å². The Balaban J connectivity index is 1.69. The first-order valence-electron chi connectivity index (χ1n) is 10.7. The highest BCUT2D eigenvalue weighted by molar-refractivity contribution is 5.94. The summed E-state index contributed by atoms with van der Waals surface area (Å²) in [5.41, 5.74) is 2.39. The summed E-state index contributed by atoms with van der Waals surface area (Å²) in [7, 11) is 2.09. The Morgan fingerprint density at radius 3 is 2.63 bits per heavy atom. The second-order valence-corrected chi connectivity index (χ2v) is 8.41. The SMILES string of the molecule is CN1CCC[C@H](Oc2cc(C(=O)O)nc3c2c(C2CCC2)nn3-c2ccccc2)C1. The molecule has 2 fully saturated rings. The zero-order valence-electron chi connectivity index (χ0n) is 17.1. The van der Waals surface area contributed by atoms with Gasteiger partial charge < -0.3 is 14.7 Å². The molecule has 7 heteroatoms. The van der Waals surface area contributed by atoms with Gasteiger partial charge in [0.05, 0.1) is 16.8 Å². The monoisotopic (exact) mass is 406 g/mol. The topological polar surface area (TPSA) is 80.5 Å². The summed E-state index contributed by atoms with van der Waals surface area (Å²) in [6.07, 6.45) is 5.43. The van der Waals surface area contributed by atoms with E-state index >= 15 is 0 Å². The van der Waals surface area contributed by atoms with Gasteiger partial charge in [-0.05, 0) is 51.4 Å². The lowest BCUT2D eigenvalue weighted by Gasteiger charge is -2.30. The Kier molecular flexibility index (Phi) is 4.90. The summed E-state index contributed by atoms with van der Waals surface area (Å²) >= 11 is 0. The Morgan fingerprint density at radius 1 is 1.17 bits per heavy atom. The van der Waals surface area contributed by atoms with Gasteiger partial charge in [-0.3, -0.25) is 0 Å². The molecule has 1 saturated carbocycles. The number of ether oxygens (including phenoxy) is 1. The fraction of sp³-hybridized carbons (Fsp3) is 0.435. The maximum atomic E-state index is 11.8. The van der Waals surface area contributed by atoms with Gasteiger partial charge >= 0.3 is 5.97 Å². The van der Waals surface area contributed by atoms with Crippen LogP contribution >= 0.6 is 0 Å². The highest BCUT2D eigenvalue weighted by atomic mass is 16.5. The molecule has 2 aliphatic rings. The van der Waals surface area contributed by atoms with Crippen molar-refractivity contribution in [1.29, 1.82) is 0 Å². The summed E-state index contributed by atoms with van der Waals surface area (Å²) in [6.45, 7) is 1.89. The molecular formula is C23H26N4O3. The Labute approximate surface area is 175 Å². The number of nitrogens with zero attached hydrogens (tertiary/aromatic N) is 4. The van der Waals surface area contributed by atoms with Crippen LogP contribution in [-0.2, 0) is 0 Å². The molecule has 2 aromatic heterocycles. The predicted octanol–water partition coefficient (Wildman–Crippen LogP) is 3.86. The maximum Gasteiger partial charge on any atom is 0.354 e. The minimum atomic E-state index is -1.06. The molecule has 5 rings (SSSR count). The third-order valence-electron chi connectivity index (χ3n) is 6.22. The van der Waals surface area contributed by atoms with E-state index in [9.17, 15) is 9.90 Å². The molecule has 3 heterocycles. The molecule has 1 N–H and O–H groups in total. The molecule has 1 aliphatic carbocycles. The standard InChI is InChI=1S/C23H26N4O3/c1-26-12-6-11-17(14-26)30-19-13-18(23(28)29)24-22-20(19)21(15-7-5-8-15)25-27(22)16-9-3-2-4-10-16/h2-4,9-10,13,15,17H,5-8,11-12,14H2,1H3,(H,28,29)/t17-/m0/s1. The average molecular weight is 406 g/mol. The number of likely N-dealkylation sites (tertiary alicyclic amines) is 1. The minimum absolute atomic E-state index is 0.0149.